The van der Waals surface area contributed by atoms with Gasteiger partial charge in [0.2, 0.25) is 5.91 Å². The fraction of sp³-hybridized carbons (Fsp3) is 0.929. The lowest BCUT2D eigenvalue weighted by Gasteiger charge is -2.39. The molecule has 0 radical (unpaired) electrons. The van der Waals surface area contributed by atoms with Gasteiger partial charge in [0.15, 0.2) is 0 Å². The highest BCUT2D eigenvalue weighted by atomic mass is 16.3. The van der Waals surface area contributed by atoms with Crippen molar-refractivity contribution in [1.29, 1.82) is 0 Å². The number of amides is 1. The van der Waals surface area contributed by atoms with Gasteiger partial charge in [-0.15, -0.1) is 0 Å². The molecule has 0 saturated heterocycles. The van der Waals surface area contributed by atoms with Crippen molar-refractivity contribution in [1.82, 2.24) is 10.2 Å². The standard InChI is InChI=1S/C14H28N2O2/c1-11(2)16(4)13(18)9-15-14(10-17)7-5-12(3)6-8-14/h11-12,15,17H,5-10H2,1-4H3. The van der Waals surface area contributed by atoms with Crippen LogP contribution in [-0.4, -0.2) is 47.7 Å². The van der Waals surface area contributed by atoms with Gasteiger partial charge in [0.25, 0.3) is 0 Å². The van der Waals surface area contributed by atoms with Crippen LogP contribution in [0.5, 0.6) is 0 Å². The predicted molar refractivity (Wildman–Crippen MR) is 73.4 cm³/mol. The summed E-state index contributed by atoms with van der Waals surface area (Å²) < 4.78 is 0. The van der Waals surface area contributed by atoms with Gasteiger partial charge in [0, 0.05) is 18.6 Å². The Morgan fingerprint density at radius 1 is 1.44 bits per heavy atom. The molecule has 1 amide bonds. The van der Waals surface area contributed by atoms with Crippen molar-refractivity contribution in [3.8, 4) is 0 Å². The molecule has 0 aromatic heterocycles. The van der Waals surface area contributed by atoms with Crippen molar-refractivity contribution >= 4 is 5.91 Å². The van der Waals surface area contributed by atoms with E-state index in [1.807, 2.05) is 20.9 Å². The minimum absolute atomic E-state index is 0.0939. The van der Waals surface area contributed by atoms with E-state index in [1.54, 1.807) is 4.90 Å². The summed E-state index contributed by atoms with van der Waals surface area (Å²) >= 11 is 0. The number of rotatable bonds is 5. The smallest absolute Gasteiger partial charge is 0.236 e. The SMILES string of the molecule is CC1CCC(CO)(NCC(=O)N(C)C(C)C)CC1. The zero-order chi connectivity index (χ0) is 13.8. The topological polar surface area (TPSA) is 52.6 Å². The van der Waals surface area contributed by atoms with Crippen LogP contribution >= 0.6 is 0 Å². The summed E-state index contributed by atoms with van der Waals surface area (Å²) in [6.45, 7) is 6.70. The summed E-state index contributed by atoms with van der Waals surface area (Å²) in [5.41, 5.74) is -0.236. The molecular weight excluding hydrogens is 228 g/mol. The lowest BCUT2D eigenvalue weighted by atomic mass is 9.77. The Morgan fingerprint density at radius 3 is 2.44 bits per heavy atom. The summed E-state index contributed by atoms with van der Waals surface area (Å²) in [5, 5.41) is 12.9. The average Bonchev–Trinajstić information content (AvgIpc) is 2.37. The van der Waals surface area contributed by atoms with E-state index in [9.17, 15) is 9.90 Å². The first-order valence-electron chi connectivity index (χ1n) is 7.02. The first-order chi connectivity index (χ1) is 8.40. The van der Waals surface area contributed by atoms with Crippen LogP contribution in [0.1, 0.15) is 46.5 Å². The maximum absolute atomic E-state index is 11.9. The molecule has 2 N–H and O–H groups in total. The maximum atomic E-state index is 11.9. The molecule has 1 aliphatic carbocycles. The summed E-state index contributed by atoms with van der Waals surface area (Å²) in [7, 11) is 1.82. The van der Waals surface area contributed by atoms with E-state index < -0.39 is 0 Å². The summed E-state index contributed by atoms with van der Waals surface area (Å²) in [6.07, 6.45) is 4.18. The van der Waals surface area contributed by atoms with Crippen LogP contribution in [0.3, 0.4) is 0 Å². The van der Waals surface area contributed by atoms with Crippen molar-refractivity contribution in [3.63, 3.8) is 0 Å². The van der Waals surface area contributed by atoms with Gasteiger partial charge >= 0.3 is 0 Å². The summed E-state index contributed by atoms with van der Waals surface area (Å²) in [4.78, 5) is 13.7. The van der Waals surface area contributed by atoms with Crippen LogP contribution in [0, 0.1) is 5.92 Å². The molecule has 1 aliphatic rings. The Labute approximate surface area is 111 Å². The summed E-state index contributed by atoms with van der Waals surface area (Å²) in [5.74, 6) is 0.831. The van der Waals surface area contributed by atoms with Crippen molar-refractivity contribution in [2.45, 2.75) is 58.0 Å². The van der Waals surface area contributed by atoms with Gasteiger partial charge < -0.3 is 15.3 Å². The zero-order valence-electron chi connectivity index (χ0n) is 12.2. The Hall–Kier alpha value is -0.610. The van der Waals surface area contributed by atoms with Crippen molar-refractivity contribution in [2.75, 3.05) is 20.2 Å². The number of nitrogens with zero attached hydrogens (tertiary/aromatic N) is 1. The molecule has 0 unspecified atom stereocenters. The molecule has 0 spiro atoms. The molecule has 0 aliphatic heterocycles. The molecule has 1 saturated carbocycles. The van der Waals surface area contributed by atoms with E-state index in [1.165, 1.54) is 0 Å². The number of carbonyl (C=O) groups excluding carboxylic acids is 1. The molecule has 0 aromatic carbocycles. The van der Waals surface area contributed by atoms with Gasteiger partial charge in [-0.3, -0.25) is 4.79 Å². The number of hydrogen-bond acceptors (Lipinski definition) is 3. The van der Waals surface area contributed by atoms with Crippen molar-refractivity contribution < 1.29 is 9.90 Å². The third-order valence-corrected chi connectivity index (χ3v) is 4.32. The van der Waals surface area contributed by atoms with Gasteiger partial charge in [-0.1, -0.05) is 6.92 Å². The number of carbonyl (C=O) groups is 1. The highest BCUT2D eigenvalue weighted by Crippen LogP contribution is 2.31. The highest BCUT2D eigenvalue weighted by Gasteiger charge is 2.33. The van der Waals surface area contributed by atoms with Gasteiger partial charge in [-0.05, 0) is 45.4 Å². The van der Waals surface area contributed by atoms with Crippen LogP contribution in [-0.2, 0) is 4.79 Å². The third kappa shape index (κ3) is 3.95. The monoisotopic (exact) mass is 256 g/mol. The second kappa shape index (κ2) is 6.53. The van der Waals surface area contributed by atoms with E-state index in [0.717, 1.165) is 31.6 Å². The summed E-state index contributed by atoms with van der Waals surface area (Å²) in [6, 6.07) is 0.218. The number of aliphatic hydroxyl groups is 1. The molecule has 4 heteroatoms. The van der Waals surface area contributed by atoms with Gasteiger partial charge in [0.05, 0.1) is 13.2 Å². The predicted octanol–water partition coefficient (Wildman–Crippen LogP) is 1.38. The number of aliphatic hydroxyl groups excluding tert-OH is 1. The second-order valence-corrected chi connectivity index (χ2v) is 6.07. The van der Waals surface area contributed by atoms with Crippen LogP contribution < -0.4 is 5.32 Å². The minimum Gasteiger partial charge on any atom is -0.394 e. The largest absolute Gasteiger partial charge is 0.394 e. The van der Waals surface area contributed by atoms with Crippen LogP contribution in [0.4, 0.5) is 0 Å². The first kappa shape index (κ1) is 15.4. The van der Waals surface area contributed by atoms with Crippen molar-refractivity contribution in [3.05, 3.63) is 0 Å². The van der Waals surface area contributed by atoms with Gasteiger partial charge in [-0.25, -0.2) is 0 Å². The molecule has 0 atom stereocenters. The molecule has 1 fully saturated rings. The Morgan fingerprint density at radius 2 is 2.00 bits per heavy atom. The van der Waals surface area contributed by atoms with E-state index in [4.69, 9.17) is 0 Å². The van der Waals surface area contributed by atoms with E-state index in [2.05, 4.69) is 12.2 Å². The molecule has 0 bridgehead atoms. The zero-order valence-corrected chi connectivity index (χ0v) is 12.2. The molecule has 0 aromatic rings. The van der Waals surface area contributed by atoms with Crippen LogP contribution in [0.25, 0.3) is 0 Å². The highest BCUT2D eigenvalue weighted by molar-refractivity contribution is 5.78. The maximum Gasteiger partial charge on any atom is 0.236 e. The molecule has 0 heterocycles. The number of hydrogen-bond donors (Lipinski definition) is 2. The minimum atomic E-state index is -0.236. The number of likely N-dealkylation sites (N-methyl/N-ethyl adjacent to an activating group) is 1. The second-order valence-electron chi connectivity index (χ2n) is 6.07. The normalized spacial score (nSPS) is 28.4. The molecule has 1 rings (SSSR count). The Balaban J connectivity index is 2.47. The van der Waals surface area contributed by atoms with E-state index in [-0.39, 0.29) is 24.1 Å². The van der Waals surface area contributed by atoms with Crippen LogP contribution in [0.2, 0.25) is 0 Å². The lowest BCUT2D eigenvalue weighted by Crippen LogP contribution is -2.54. The van der Waals surface area contributed by atoms with Gasteiger partial charge in [0.1, 0.15) is 0 Å². The van der Waals surface area contributed by atoms with E-state index in [0.29, 0.717) is 6.54 Å². The number of nitrogens with one attached hydrogen (secondary N) is 1. The lowest BCUT2D eigenvalue weighted by molar-refractivity contribution is -0.131. The fourth-order valence-electron chi connectivity index (χ4n) is 2.38. The molecule has 18 heavy (non-hydrogen) atoms. The molecule has 4 nitrogen and oxygen atoms in total. The van der Waals surface area contributed by atoms with Gasteiger partial charge in [-0.2, -0.15) is 0 Å². The average molecular weight is 256 g/mol. The quantitative estimate of drug-likeness (QED) is 0.781. The third-order valence-electron chi connectivity index (χ3n) is 4.32. The Bertz CT molecular complexity index is 271. The van der Waals surface area contributed by atoms with Crippen LogP contribution in [0.15, 0.2) is 0 Å². The Kier molecular flexibility index (Phi) is 5.60. The molecule has 106 valence electrons. The van der Waals surface area contributed by atoms with Crippen molar-refractivity contribution in [2.24, 2.45) is 5.92 Å². The molecular formula is C14H28N2O2. The van der Waals surface area contributed by atoms with E-state index >= 15 is 0 Å². The first-order valence-corrected chi connectivity index (χ1v) is 7.02. The fourth-order valence-corrected chi connectivity index (χ4v) is 2.38.